The van der Waals surface area contributed by atoms with Gasteiger partial charge in [-0.2, -0.15) is 4.98 Å². The smallest absolute Gasteiger partial charge is 0.351 e. The van der Waals surface area contributed by atoms with Gasteiger partial charge in [0.2, 0.25) is 0 Å². The number of nitrogens with two attached hydrogens (primary N) is 1. The van der Waals surface area contributed by atoms with Crippen molar-refractivity contribution in [2.45, 2.75) is 24.0 Å². The first-order valence-corrected chi connectivity index (χ1v) is 5.51. The van der Waals surface area contributed by atoms with Crippen molar-refractivity contribution < 1.29 is 24.4 Å². The van der Waals surface area contributed by atoms with E-state index in [4.69, 9.17) is 15.6 Å². The van der Waals surface area contributed by atoms with Crippen LogP contribution in [0, 0.1) is 0 Å². The van der Waals surface area contributed by atoms with E-state index in [1.165, 1.54) is 12.3 Å². The van der Waals surface area contributed by atoms with Gasteiger partial charge in [0.15, 0.2) is 11.8 Å². The Labute approximate surface area is 106 Å². The fraction of sp³-hybridized carbons (Fsp3) is 0.600. The molecule has 4 atom stereocenters. The molecule has 1 unspecified atom stereocenters. The largest absolute Gasteiger partial charge is 0.394 e. The fourth-order valence-electron chi connectivity index (χ4n) is 2.02. The second-order valence-corrected chi connectivity index (χ2v) is 4.32. The number of nitrogens with zero attached hydrogens (tertiary/aromatic N) is 2. The number of aliphatic hydroxyl groups is 3. The quantitative estimate of drug-likeness (QED) is 0.491. The van der Waals surface area contributed by atoms with Gasteiger partial charge in [0.1, 0.15) is 24.7 Å². The van der Waals surface area contributed by atoms with Gasteiger partial charge in [0.25, 0.3) is 0 Å². The van der Waals surface area contributed by atoms with Gasteiger partial charge in [-0.3, -0.25) is 4.57 Å². The number of anilines is 1. The summed E-state index contributed by atoms with van der Waals surface area (Å²) in [5.41, 5.74) is 2.12. The highest BCUT2D eigenvalue weighted by atomic mass is 19.1. The normalized spacial score (nSPS) is 34.6. The first-order valence-electron chi connectivity index (χ1n) is 5.51. The van der Waals surface area contributed by atoms with Gasteiger partial charge >= 0.3 is 5.69 Å². The molecule has 0 aliphatic carbocycles. The SMILES string of the molecule is Nc1ccn(C2O[C@H](CO)[C@@H](O)[C@]2(O)CF)c(=O)n1. The number of nitrogen functional groups attached to an aromatic ring is 1. The molecule has 1 fully saturated rings. The van der Waals surface area contributed by atoms with E-state index in [1.54, 1.807) is 0 Å². The number of halogens is 1. The van der Waals surface area contributed by atoms with Crippen molar-refractivity contribution in [1.82, 2.24) is 9.55 Å². The van der Waals surface area contributed by atoms with E-state index >= 15 is 0 Å². The van der Waals surface area contributed by atoms with E-state index in [-0.39, 0.29) is 5.82 Å². The van der Waals surface area contributed by atoms with Crippen LogP contribution in [0.5, 0.6) is 0 Å². The van der Waals surface area contributed by atoms with Gasteiger partial charge in [-0.25, -0.2) is 9.18 Å². The summed E-state index contributed by atoms with van der Waals surface area (Å²) in [6.07, 6.45) is -3.19. The molecule has 2 rings (SSSR count). The molecule has 0 bridgehead atoms. The summed E-state index contributed by atoms with van der Waals surface area (Å²) in [4.78, 5) is 15.1. The second kappa shape index (κ2) is 4.85. The van der Waals surface area contributed by atoms with Crippen molar-refractivity contribution in [3.05, 3.63) is 22.7 Å². The van der Waals surface area contributed by atoms with Gasteiger partial charge in [0.05, 0.1) is 6.61 Å². The molecule has 8 nitrogen and oxygen atoms in total. The number of aromatic nitrogens is 2. The van der Waals surface area contributed by atoms with Crippen LogP contribution in [0.15, 0.2) is 17.1 Å². The number of hydrogen-bond donors (Lipinski definition) is 4. The third-order valence-electron chi connectivity index (χ3n) is 3.09. The van der Waals surface area contributed by atoms with E-state index < -0.39 is 43.0 Å². The lowest BCUT2D eigenvalue weighted by molar-refractivity contribution is -0.121. The Balaban J connectivity index is 2.45. The molecule has 106 valence electrons. The van der Waals surface area contributed by atoms with Crippen LogP contribution in [0.1, 0.15) is 6.23 Å². The lowest BCUT2D eigenvalue weighted by Gasteiger charge is -2.28. The Bertz CT molecular complexity index is 524. The molecule has 1 aliphatic heterocycles. The zero-order valence-corrected chi connectivity index (χ0v) is 9.81. The van der Waals surface area contributed by atoms with Gasteiger partial charge in [-0.15, -0.1) is 0 Å². The highest BCUT2D eigenvalue weighted by Crippen LogP contribution is 2.37. The molecule has 0 amide bonds. The molecule has 19 heavy (non-hydrogen) atoms. The van der Waals surface area contributed by atoms with Crippen molar-refractivity contribution in [3.63, 3.8) is 0 Å². The number of ether oxygens (including phenoxy) is 1. The van der Waals surface area contributed by atoms with Crippen LogP contribution in [0.25, 0.3) is 0 Å². The third-order valence-corrected chi connectivity index (χ3v) is 3.09. The van der Waals surface area contributed by atoms with Crippen LogP contribution in [0.4, 0.5) is 10.2 Å². The average Bonchev–Trinajstić information content (AvgIpc) is 2.63. The maximum Gasteiger partial charge on any atom is 0.351 e. The Morgan fingerprint density at radius 2 is 2.32 bits per heavy atom. The molecule has 0 spiro atoms. The first-order chi connectivity index (χ1) is 8.93. The lowest BCUT2D eigenvalue weighted by atomic mass is 9.95. The Hall–Kier alpha value is -1.55. The molecule has 5 N–H and O–H groups in total. The van der Waals surface area contributed by atoms with Gasteiger partial charge in [-0.1, -0.05) is 0 Å². The lowest BCUT2D eigenvalue weighted by Crippen LogP contribution is -2.50. The molecular formula is C10H14FN3O5. The monoisotopic (exact) mass is 275 g/mol. The first kappa shape index (κ1) is 13.9. The summed E-state index contributed by atoms with van der Waals surface area (Å²) in [7, 11) is 0. The zero-order chi connectivity index (χ0) is 14.2. The maximum atomic E-state index is 13.1. The second-order valence-electron chi connectivity index (χ2n) is 4.32. The number of rotatable bonds is 3. The predicted octanol–water partition coefficient (Wildman–Crippen LogP) is -2.22. The third kappa shape index (κ3) is 2.10. The van der Waals surface area contributed by atoms with Gasteiger partial charge in [-0.05, 0) is 6.07 Å². The zero-order valence-electron chi connectivity index (χ0n) is 9.81. The molecule has 9 heteroatoms. The van der Waals surface area contributed by atoms with Crippen LogP contribution in [-0.4, -0.2) is 56.0 Å². The van der Waals surface area contributed by atoms with Gasteiger partial charge < -0.3 is 25.8 Å². The summed E-state index contributed by atoms with van der Waals surface area (Å²) in [5, 5.41) is 28.8. The minimum absolute atomic E-state index is 0.0395. The Kier molecular flexibility index (Phi) is 3.54. The highest BCUT2D eigenvalue weighted by molar-refractivity contribution is 5.24. The van der Waals surface area contributed by atoms with Crippen LogP contribution in [-0.2, 0) is 4.74 Å². The van der Waals surface area contributed by atoms with Crippen molar-refractivity contribution in [2.75, 3.05) is 19.0 Å². The molecule has 2 heterocycles. The topological polar surface area (TPSA) is 131 Å². The highest BCUT2D eigenvalue weighted by Gasteiger charge is 2.56. The Morgan fingerprint density at radius 3 is 2.84 bits per heavy atom. The maximum absolute atomic E-state index is 13.1. The predicted molar refractivity (Wildman–Crippen MR) is 60.8 cm³/mol. The van der Waals surface area contributed by atoms with E-state index in [9.17, 15) is 19.4 Å². The van der Waals surface area contributed by atoms with Crippen molar-refractivity contribution in [2.24, 2.45) is 0 Å². The van der Waals surface area contributed by atoms with Crippen LogP contribution >= 0.6 is 0 Å². The van der Waals surface area contributed by atoms with Crippen LogP contribution in [0.3, 0.4) is 0 Å². The molecule has 0 saturated carbocycles. The number of alkyl halides is 1. The summed E-state index contributed by atoms with van der Waals surface area (Å²) >= 11 is 0. The molecule has 1 aromatic rings. The number of aliphatic hydroxyl groups excluding tert-OH is 2. The van der Waals surface area contributed by atoms with E-state index in [0.717, 1.165) is 4.57 Å². The van der Waals surface area contributed by atoms with E-state index in [1.807, 2.05) is 0 Å². The van der Waals surface area contributed by atoms with Crippen molar-refractivity contribution in [1.29, 1.82) is 0 Å². The number of hydrogen-bond acceptors (Lipinski definition) is 7. The van der Waals surface area contributed by atoms with E-state index in [2.05, 4.69) is 4.98 Å². The van der Waals surface area contributed by atoms with Crippen LogP contribution < -0.4 is 11.4 Å². The molecular weight excluding hydrogens is 261 g/mol. The van der Waals surface area contributed by atoms with Crippen molar-refractivity contribution >= 4 is 5.82 Å². The summed E-state index contributed by atoms with van der Waals surface area (Å²) in [6, 6.07) is 1.27. The summed E-state index contributed by atoms with van der Waals surface area (Å²) in [5.74, 6) is -0.0395. The molecule has 0 aromatic carbocycles. The van der Waals surface area contributed by atoms with E-state index in [0.29, 0.717) is 0 Å². The fourth-order valence-corrected chi connectivity index (χ4v) is 2.02. The summed E-state index contributed by atoms with van der Waals surface area (Å²) in [6.45, 7) is -1.98. The molecule has 0 radical (unpaired) electrons. The Morgan fingerprint density at radius 1 is 1.63 bits per heavy atom. The molecule has 1 aromatic heterocycles. The average molecular weight is 275 g/mol. The summed E-state index contributed by atoms with van der Waals surface area (Å²) < 4.78 is 19.0. The standard InChI is InChI=1S/C10H14FN3O5/c11-4-10(18)7(16)5(3-15)19-8(10)14-2-1-6(12)13-9(14)17/h1-2,5,7-8,15-16,18H,3-4H2,(H2,12,13,17)/t5-,7-,8?,10-/m1/s1. The van der Waals surface area contributed by atoms with Gasteiger partial charge in [0, 0.05) is 6.20 Å². The molecule has 1 saturated heterocycles. The van der Waals surface area contributed by atoms with Crippen molar-refractivity contribution in [3.8, 4) is 0 Å². The minimum Gasteiger partial charge on any atom is -0.394 e. The minimum atomic E-state index is -2.34. The molecule has 1 aliphatic rings. The van der Waals surface area contributed by atoms with Crippen LogP contribution in [0.2, 0.25) is 0 Å².